The van der Waals surface area contributed by atoms with E-state index in [9.17, 15) is 0 Å². The van der Waals surface area contributed by atoms with Crippen molar-refractivity contribution in [3.63, 3.8) is 0 Å². The first-order valence-corrected chi connectivity index (χ1v) is 6.60. The van der Waals surface area contributed by atoms with Gasteiger partial charge in [-0.15, -0.1) is 10.2 Å². The predicted molar refractivity (Wildman–Crippen MR) is 71.1 cm³/mol. The lowest BCUT2D eigenvalue weighted by molar-refractivity contribution is 0.370. The molecule has 0 saturated carbocycles. The van der Waals surface area contributed by atoms with Gasteiger partial charge in [0.05, 0.1) is 18.4 Å². The Morgan fingerprint density at radius 2 is 2.17 bits per heavy atom. The number of rotatable bonds is 5. The van der Waals surface area contributed by atoms with Crippen molar-refractivity contribution in [2.24, 2.45) is 7.05 Å². The molecule has 0 saturated heterocycles. The van der Waals surface area contributed by atoms with Crippen molar-refractivity contribution in [2.75, 3.05) is 12.4 Å². The topological polar surface area (TPSA) is 64.9 Å². The van der Waals surface area contributed by atoms with Gasteiger partial charge in [0.25, 0.3) is 0 Å². The Morgan fingerprint density at radius 3 is 2.72 bits per heavy atom. The second kappa shape index (κ2) is 5.34. The lowest BCUT2D eigenvalue weighted by Crippen LogP contribution is -2.03. The fraction of sp³-hybridized carbons (Fsp3) is 0.545. The van der Waals surface area contributed by atoms with Gasteiger partial charge < -0.3 is 10.1 Å². The molecule has 0 spiro atoms. The highest BCUT2D eigenvalue weighted by Gasteiger charge is 2.15. The molecule has 0 aliphatic rings. The smallest absolute Gasteiger partial charge is 0.216 e. The summed E-state index contributed by atoms with van der Waals surface area (Å²) in [7, 11) is 3.55. The van der Waals surface area contributed by atoms with Crippen LogP contribution in [0.5, 0.6) is 5.88 Å². The van der Waals surface area contributed by atoms with Crippen LogP contribution in [-0.2, 0) is 20.0 Å². The Labute approximate surface area is 110 Å². The fourth-order valence-corrected chi connectivity index (χ4v) is 2.44. The van der Waals surface area contributed by atoms with E-state index in [4.69, 9.17) is 4.74 Å². The van der Waals surface area contributed by atoms with E-state index in [-0.39, 0.29) is 0 Å². The maximum atomic E-state index is 5.38. The van der Waals surface area contributed by atoms with Gasteiger partial charge in [-0.1, -0.05) is 18.3 Å². The molecule has 6 nitrogen and oxygen atoms in total. The van der Waals surface area contributed by atoms with Crippen LogP contribution in [0.4, 0.5) is 5.13 Å². The van der Waals surface area contributed by atoms with Crippen LogP contribution in [0.2, 0.25) is 0 Å². The molecule has 0 atom stereocenters. The third kappa shape index (κ3) is 2.45. The number of ether oxygens (including phenoxy) is 1. The Morgan fingerprint density at radius 1 is 1.39 bits per heavy atom. The van der Waals surface area contributed by atoms with Gasteiger partial charge in [-0.2, -0.15) is 5.10 Å². The van der Waals surface area contributed by atoms with Crippen LogP contribution >= 0.6 is 11.3 Å². The summed E-state index contributed by atoms with van der Waals surface area (Å²) in [5.74, 6) is 0.792. The van der Waals surface area contributed by atoms with Gasteiger partial charge in [0, 0.05) is 13.6 Å². The lowest BCUT2D eigenvalue weighted by atomic mass is 10.2. The van der Waals surface area contributed by atoms with Crippen molar-refractivity contribution in [1.29, 1.82) is 0 Å². The molecule has 2 rings (SSSR count). The van der Waals surface area contributed by atoms with E-state index in [0.29, 0.717) is 6.54 Å². The van der Waals surface area contributed by atoms with Crippen LogP contribution < -0.4 is 10.1 Å². The summed E-state index contributed by atoms with van der Waals surface area (Å²) in [6.07, 6.45) is 0.878. The maximum Gasteiger partial charge on any atom is 0.216 e. The second-order valence-electron chi connectivity index (χ2n) is 3.89. The lowest BCUT2D eigenvalue weighted by Gasteiger charge is -2.05. The standard InChI is InChI=1S/C11H17N5OS/c1-5-9-8(10(17-4)16(3)15-9)6-12-11-14-13-7(2)18-11/h5-6H2,1-4H3,(H,12,14). The Bertz CT molecular complexity index is 534. The summed E-state index contributed by atoms with van der Waals surface area (Å²) < 4.78 is 7.15. The predicted octanol–water partition coefficient (Wildman–Crippen LogP) is 1.76. The Balaban J connectivity index is 2.17. The number of hydrogen-bond acceptors (Lipinski definition) is 6. The minimum Gasteiger partial charge on any atom is -0.481 e. The van der Waals surface area contributed by atoms with Gasteiger partial charge in [-0.25, -0.2) is 4.68 Å². The zero-order valence-electron chi connectivity index (χ0n) is 11.0. The Kier molecular flexibility index (Phi) is 3.81. The zero-order valence-corrected chi connectivity index (χ0v) is 11.8. The van der Waals surface area contributed by atoms with E-state index in [1.807, 2.05) is 14.0 Å². The third-order valence-corrected chi connectivity index (χ3v) is 3.44. The number of nitrogens with one attached hydrogen (secondary N) is 1. The van der Waals surface area contributed by atoms with Gasteiger partial charge in [-0.05, 0) is 13.3 Å². The van der Waals surface area contributed by atoms with Crippen molar-refractivity contribution >= 4 is 16.5 Å². The minimum atomic E-state index is 0.648. The van der Waals surface area contributed by atoms with E-state index in [1.165, 1.54) is 11.3 Å². The van der Waals surface area contributed by atoms with Crippen LogP contribution in [0.15, 0.2) is 0 Å². The average molecular weight is 267 g/mol. The second-order valence-corrected chi connectivity index (χ2v) is 5.07. The first-order chi connectivity index (χ1) is 8.65. The number of aromatic nitrogens is 4. The van der Waals surface area contributed by atoms with E-state index < -0.39 is 0 Å². The molecule has 0 fully saturated rings. The van der Waals surface area contributed by atoms with E-state index >= 15 is 0 Å². The van der Waals surface area contributed by atoms with Crippen LogP contribution in [0, 0.1) is 6.92 Å². The van der Waals surface area contributed by atoms with Gasteiger partial charge in [-0.3, -0.25) is 0 Å². The monoisotopic (exact) mass is 267 g/mol. The molecule has 0 bridgehead atoms. The highest BCUT2D eigenvalue weighted by molar-refractivity contribution is 7.15. The first-order valence-electron chi connectivity index (χ1n) is 5.78. The van der Waals surface area contributed by atoms with Crippen LogP contribution in [-0.4, -0.2) is 27.1 Å². The number of hydrogen-bond donors (Lipinski definition) is 1. The van der Waals surface area contributed by atoms with E-state index in [1.54, 1.807) is 11.8 Å². The van der Waals surface area contributed by atoms with E-state index in [0.717, 1.165) is 33.7 Å². The van der Waals surface area contributed by atoms with Crippen molar-refractivity contribution in [3.8, 4) is 5.88 Å². The van der Waals surface area contributed by atoms with Crippen molar-refractivity contribution in [2.45, 2.75) is 26.8 Å². The van der Waals surface area contributed by atoms with Crippen LogP contribution in [0.3, 0.4) is 0 Å². The average Bonchev–Trinajstić information content (AvgIpc) is 2.90. The summed E-state index contributed by atoms with van der Waals surface area (Å²) in [4.78, 5) is 0. The first kappa shape index (κ1) is 12.8. The highest BCUT2D eigenvalue weighted by atomic mass is 32.1. The SMILES string of the molecule is CCc1nn(C)c(OC)c1CNc1nnc(C)s1. The number of nitrogens with zero attached hydrogens (tertiary/aromatic N) is 4. The molecular weight excluding hydrogens is 250 g/mol. The van der Waals surface area contributed by atoms with Crippen LogP contribution in [0.1, 0.15) is 23.2 Å². The van der Waals surface area contributed by atoms with Gasteiger partial charge in [0.1, 0.15) is 5.01 Å². The minimum absolute atomic E-state index is 0.648. The molecule has 0 aliphatic carbocycles. The van der Waals surface area contributed by atoms with Gasteiger partial charge >= 0.3 is 0 Å². The maximum absolute atomic E-state index is 5.38. The summed E-state index contributed by atoms with van der Waals surface area (Å²) in [5, 5.41) is 17.5. The number of methoxy groups -OCH3 is 1. The molecule has 7 heteroatoms. The molecule has 0 aliphatic heterocycles. The van der Waals surface area contributed by atoms with E-state index in [2.05, 4.69) is 27.5 Å². The molecule has 2 aromatic rings. The summed E-state index contributed by atoms with van der Waals surface area (Å²) in [5.41, 5.74) is 2.12. The molecule has 0 aromatic carbocycles. The van der Waals surface area contributed by atoms with Crippen molar-refractivity contribution < 1.29 is 4.74 Å². The van der Waals surface area contributed by atoms with Crippen molar-refractivity contribution in [3.05, 3.63) is 16.3 Å². The molecule has 2 aromatic heterocycles. The molecule has 2 heterocycles. The van der Waals surface area contributed by atoms with Gasteiger partial charge in [0.15, 0.2) is 0 Å². The highest BCUT2D eigenvalue weighted by Crippen LogP contribution is 2.24. The van der Waals surface area contributed by atoms with Crippen molar-refractivity contribution in [1.82, 2.24) is 20.0 Å². The molecule has 98 valence electrons. The summed E-state index contributed by atoms with van der Waals surface area (Å²) in [6.45, 7) is 4.67. The third-order valence-electron chi connectivity index (χ3n) is 2.64. The largest absolute Gasteiger partial charge is 0.481 e. The zero-order chi connectivity index (χ0) is 13.1. The normalized spacial score (nSPS) is 10.7. The fourth-order valence-electron chi connectivity index (χ4n) is 1.85. The molecule has 0 amide bonds. The molecular formula is C11H17N5OS. The quantitative estimate of drug-likeness (QED) is 0.894. The molecule has 1 N–H and O–H groups in total. The summed E-state index contributed by atoms with van der Waals surface area (Å²) >= 11 is 1.54. The van der Waals surface area contributed by atoms with Gasteiger partial charge in [0.2, 0.25) is 11.0 Å². The molecule has 0 unspecified atom stereocenters. The number of aryl methyl sites for hydroxylation is 3. The van der Waals surface area contributed by atoms with Crippen LogP contribution in [0.25, 0.3) is 0 Å². The Hall–Kier alpha value is -1.63. The summed E-state index contributed by atoms with van der Waals surface area (Å²) in [6, 6.07) is 0. The molecule has 18 heavy (non-hydrogen) atoms. The number of anilines is 1. The molecule has 0 radical (unpaired) electrons.